The smallest absolute Gasteiger partial charge is 0.161 e. The molecule has 0 bridgehead atoms. The molecule has 3 aromatic rings. The molecule has 1 heterocycles. The number of furan rings is 1. The third-order valence-electron chi connectivity index (χ3n) is 6.59. The van der Waals surface area contributed by atoms with E-state index in [-0.39, 0.29) is 23.7 Å². The first-order chi connectivity index (χ1) is 16.9. The van der Waals surface area contributed by atoms with Gasteiger partial charge in [-0.15, -0.1) is 13.2 Å². The van der Waals surface area contributed by atoms with E-state index >= 15 is 0 Å². The van der Waals surface area contributed by atoms with Crippen molar-refractivity contribution in [1.29, 1.82) is 0 Å². The fraction of sp³-hybridized carbons (Fsp3) is 0.333. The highest BCUT2D eigenvalue weighted by atomic mass is 16.5. The predicted molar refractivity (Wildman–Crippen MR) is 140 cm³/mol. The van der Waals surface area contributed by atoms with E-state index in [1.807, 2.05) is 48.6 Å². The Morgan fingerprint density at radius 2 is 0.971 bits per heavy atom. The Balaban J connectivity index is 2.08. The van der Waals surface area contributed by atoms with E-state index in [1.165, 1.54) is 0 Å². The van der Waals surface area contributed by atoms with Gasteiger partial charge in [-0.3, -0.25) is 0 Å². The van der Waals surface area contributed by atoms with Crippen molar-refractivity contribution in [3.8, 4) is 23.0 Å². The van der Waals surface area contributed by atoms with Crippen LogP contribution in [0.5, 0.6) is 23.0 Å². The molecule has 0 fully saturated rings. The van der Waals surface area contributed by atoms with E-state index in [0.29, 0.717) is 23.0 Å². The Bertz CT molecular complexity index is 1060. The molecule has 186 valence electrons. The molecule has 0 aliphatic rings. The summed E-state index contributed by atoms with van der Waals surface area (Å²) in [5.41, 5.74) is 2.13. The normalized spacial score (nSPS) is 14.3. The molecular formula is C30H36O5. The largest absolute Gasteiger partial charge is 0.493 e. The van der Waals surface area contributed by atoms with Gasteiger partial charge in [-0.25, -0.2) is 0 Å². The maximum absolute atomic E-state index is 6.58. The van der Waals surface area contributed by atoms with Crippen molar-refractivity contribution in [2.24, 2.45) is 11.8 Å². The van der Waals surface area contributed by atoms with E-state index in [0.717, 1.165) is 22.6 Å². The number of allylic oxidation sites excluding steroid dienone is 2. The standard InChI is InChI=1S/C30H36O5/c1-9-19(3)29(21-11-13-23(31-5)27(17-21)33-7)25-15-16-26(35-25)30(20(4)10-2)22-12-14-24(32-6)28(18-22)34-8/h9-20,29-30H,1-2H2,3-8H3. The first kappa shape index (κ1) is 26.0. The van der Waals surface area contributed by atoms with Gasteiger partial charge in [-0.05, 0) is 59.4 Å². The number of benzene rings is 2. The molecule has 1 aromatic heterocycles. The molecule has 0 aliphatic heterocycles. The van der Waals surface area contributed by atoms with Crippen LogP contribution in [0.2, 0.25) is 0 Å². The Hall–Kier alpha value is -3.60. The molecule has 5 heteroatoms. The summed E-state index contributed by atoms with van der Waals surface area (Å²) in [6, 6.07) is 16.1. The highest BCUT2D eigenvalue weighted by Gasteiger charge is 2.28. The molecule has 0 saturated heterocycles. The molecule has 2 aromatic carbocycles. The van der Waals surface area contributed by atoms with Gasteiger partial charge in [-0.1, -0.05) is 38.1 Å². The topological polar surface area (TPSA) is 50.1 Å². The van der Waals surface area contributed by atoms with Gasteiger partial charge in [0.2, 0.25) is 0 Å². The molecule has 0 saturated carbocycles. The first-order valence-corrected chi connectivity index (χ1v) is 11.7. The Kier molecular flexibility index (Phi) is 8.69. The number of rotatable bonds is 12. The lowest BCUT2D eigenvalue weighted by Crippen LogP contribution is -2.11. The molecule has 0 spiro atoms. The van der Waals surface area contributed by atoms with Crippen LogP contribution in [0.15, 0.2) is 78.3 Å². The van der Waals surface area contributed by atoms with Crippen LogP contribution in [-0.2, 0) is 0 Å². The van der Waals surface area contributed by atoms with Crippen LogP contribution in [0.25, 0.3) is 0 Å². The summed E-state index contributed by atoms with van der Waals surface area (Å²) in [6.07, 6.45) is 3.89. The number of hydrogen-bond donors (Lipinski definition) is 0. The van der Waals surface area contributed by atoms with Crippen molar-refractivity contribution in [2.75, 3.05) is 28.4 Å². The molecule has 0 aliphatic carbocycles. The van der Waals surface area contributed by atoms with Gasteiger partial charge in [0.15, 0.2) is 23.0 Å². The molecule has 35 heavy (non-hydrogen) atoms. The van der Waals surface area contributed by atoms with Gasteiger partial charge in [0, 0.05) is 11.8 Å². The fourth-order valence-corrected chi connectivity index (χ4v) is 4.52. The predicted octanol–water partition coefficient (Wildman–Crippen LogP) is 7.22. The van der Waals surface area contributed by atoms with Crippen LogP contribution >= 0.6 is 0 Å². The fourth-order valence-electron chi connectivity index (χ4n) is 4.52. The van der Waals surface area contributed by atoms with Gasteiger partial charge in [0.1, 0.15) is 11.5 Å². The molecule has 5 nitrogen and oxygen atoms in total. The van der Waals surface area contributed by atoms with Crippen molar-refractivity contribution in [2.45, 2.75) is 25.7 Å². The molecule has 0 N–H and O–H groups in total. The summed E-state index contributed by atoms with van der Waals surface area (Å²) in [6.45, 7) is 12.3. The van der Waals surface area contributed by atoms with E-state index in [4.69, 9.17) is 23.4 Å². The second-order valence-corrected chi connectivity index (χ2v) is 8.61. The van der Waals surface area contributed by atoms with Gasteiger partial charge in [0.05, 0.1) is 28.4 Å². The molecule has 0 radical (unpaired) electrons. The highest BCUT2D eigenvalue weighted by molar-refractivity contribution is 5.47. The molecule has 4 unspecified atom stereocenters. The van der Waals surface area contributed by atoms with Crippen molar-refractivity contribution in [1.82, 2.24) is 0 Å². The second kappa shape index (κ2) is 11.7. The van der Waals surface area contributed by atoms with Crippen molar-refractivity contribution >= 4 is 0 Å². The first-order valence-electron chi connectivity index (χ1n) is 11.7. The summed E-state index contributed by atoms with van der Waals surface area (Å²) in [5, 5.41) is 0. The number of hydrogen-bond acceptors (Lipinski definition) is 5. The third kappa shape index (κ3) is 5.40. The highest BCUT2D eigenvalue weighted by Crippen LogP contribution is 2.42. The lowest BCUT2D eigenvalue weighted by molar-refractivity contribution is 0.352. The van der Waals surface area contributed by atoms with Crippen LogP contribution in [0.4, 0.5) is 0 Å². The van der Waals surface area contributed by atoms with Crippen LogP contribution in [0.3, 0.4) is 0 Å². The average molecular weight is 477 g/mol. The maximum Gasteiger partial charge on any atom is 0.161 e. The number of ether oxygens (including phenoxy) is 4. The van der Waals surface area contributed by atoms with Gasteiger partial charge in [-0.2, -0.15) is 0 Å². The van der Waals surface area contributed by atoms with Crippen molar-refractivity contribution < 1.29 is 23.4 Å². The van der Waals surface area contributed by atoms with E-state index in [9.17, 15) is 0 Å². The summed E-state index contributed by atoms with van der Waals surface area (Å²) < 4.78 is 28.5. The Morgan fingerprint density at radius 3 is 1.29 bits per heavy atom. The van der Waals surface area contributed by atoms with Crippen LogP contribution in [0, 0.1) is 11.8 Å². The van der Waals surface area contributed by atoms with Gasteiger partial charge < -0.3 is 23.4 Å². The Morgan fingerprint density at radius 1 is 0.600 bits per heavy atom. The summed E-state index contributed by atoms with van der Waals surface area (Å²) in [5.74, 6) is 4.65. The lowest BCUT2D eigenvalue weighted by atomic mass is 9.85. The molecule has 0 amide bonds. The number of methoxy groups -OCH3 is 4. The minimum absolute atomic E-state index is 0.0360. The van der Waals surface area contributed by atoms with Crippen molar-refractivity contribution in [3.05, 3.63) is 96.5 Å². The van der Waals surface area contributed by atoms with Gasteiger partial charge >= 0.3 is 0 Å². The second-order valence-electron chi connectivity index (χ2n) is 8.61. The summed E-state index contributed by atoms with van der Waals surface area (Å²) in [7, 11) is 6.55. The SMILES string of the molecule is C=CC(C)C(c1ccc(OC)c(OC)c1)c1ccc(C(c2ccc(OC)c(OC)c2)C(C)C=C)o1. The van der Waals surface area contributed by atoms with E-state index in [2.05, 4.69) is 39.1 Å². The zero-order valence-corrected chi connectivity index (χ0v) is 21.5. The minimum Gasteiger partial charge on any atom is -0.493 e. The zero-order valence-electron chi connectivity index (χ0n) is 21.5. The van der Waals surface area contributed by atoms with Crippen LogP contribution in [0.1, 0.15) is 48.3 Å². The lowest BCUT2D eigenvalue weighted by Gasteiger charge is -2.23. The third-order valence-corrected chi connectivity index (χ3v) is 6.59. The molecule has 4 atom stereocenters. The summed E-state index contributed by atoms with van der Waals surface area (Å²) >= 11 is 0. The zero-order chi connectivity index (χ0) is 25.5. The van der Waals surface area contributed by atoms with Crippen LogP contribution < -0.4 is 18.9 Å². The van der Waals surface area contributed by atoms with Crippen LogP contribution in [-0.4, -0.2) is 28.4 Å². The minimum atomic E-state index is -0.0360. The van der Waals surface area contributed by atoms with Gasteiger partial charge in [0.25, 0.3) is 0 Å². The monoisotopic (exact) mass is 476 g/mol. The quantitative estimate of drug-likeness (QED) is 0.258. The van der Waals surface area contributed by atoms with Crippen molar-refractivity contribution in [3.63, 3.8) is 0 Å². The summed E-state index contributed by atoms with van der Waals surface area (Å²) in [4.78, 5) is 0. The molecular weight excluding hydrogens is 440 g/mol. The average Bonchev–Trinajstić information content (AvgIpc) is 3.37. The Labute approximate surface area is 209 Å². The molecule has 3 rings (SSSR count). The van der Waals surface area contributed by atoms with E-state index in [1.54, 1.807) is 28.4 Å². The van der Waals surface area contributed by atoms with E-state index < -0.39 is 0 Å². The maximum atomic E-state index is 6.58.